The van der Waals surface area contributed by atoms with Crippen LogP contribution in [-0.4, -0.2) is 54.1 Å². The van der Waals surface area contributed by atoms with Crippen LogP contribution in [-0.2, 0) is 6.42 Å². The minimum atomic E-state index is 0.461. The van der Waals surface area contributed by atoms with Gasteiger partial charge in [-0.3, -0.25) is 9.89 Å². The molecular weight excluding hydrogens is 322 g/mol. The largest absolute Gasteiger partial charge is 0.361 e. The molecule has 3 rings (SSSR count). The first-order valence-corrected chi connectivity index (χ1v) is 9.92. The Bertz CT molecular complexity index is 733. The van der Waals surface area contributed by atoms with Crippen LogP contribution in [0.3, 0.4) is 0 Å². The van der Waals surface area contributed by atoms with Crippen LogP contribution in [0.2, 0.25) is 0 Å². The number of nitrogens with zero attached hydrogens (tertiary/aromatic N) is 2. The van der Waals surface area contributed by atoms with Gasteiger partial charge in [-0.2, -0.15) is 0 Å². The minimum absolute atomic E-state index is 0.461. The number of para-hydroxylation sites is 1. The average molecular weight is 356 g/mol. The van der Waals surface area contributed by atoms with Gasteiger partial charge in [-0.15, -0.1) is 0 Å². The standard InChI is InChI=1S/C21H33N5/c1-5-22-21(25-20-14-26(15(2)3)13-16(20)4)23-11-10-17-12-24-19-9-7-6-8-18(17)19/h6-9,12,15-16,20,24H,5,10-11,13-14H2,1-4H3,(H2,22,23,25). The maximum absolute atomic E-state index is 4.82. The van der Waals surface area contributed by atoms with Gasteiger partial charge in [-0.05, 0) is 44.7 Å². The normalized spacial score (nSPS) is 21.7. The lowest BCUT2D eigenvalue weighted by Crippen LogP contribution is -2.46. The summed E-state index contributed by atoms with van der Waals surface area (Å²) in [4.78, 5) is 10.7. The molecule has 2 atom stereocenters. The second kappa shape index (κ2) is 8.58. The molecule has 26 heavy (non-hydrogen) atoms. The average Bonchev–Trinajstić information content (AvgIpc) is 3.19. The van der Waals surface area contributed by atoms with Gasteiger partial charge in [-0.1, -0.05) is 25.1 Å². The van der Waals surface area contributed by atoms with E-state index >= 15 is 0 Å². The quantitative estimate of drug-likeness (QED) is 0.551. The summed E-state index contributed by atoms with van der Waals surface area (Å²) in [5.74, 6) is 1.57. The smallest absolute Gasteiger partial charge is 0.191 e. The molecule has 1 aromatic heterocycles. The Balaban J connectivity index is 1.60. The van der Waals surface area contributed by atoms with Crippen molar-refractivity contribution in [2.24, 2.45) is 10.9 Å². The Morgan fingerprint density at radius 3 is 2.85 bits per heavy atom. The molecule has 2 heterocycles. The summed E-state index contributed by atoms with van der Waals surface area (Å²) in [6.07, 6.45) is 3.05. The highest BCUT2D eigenvalue weighted by Gasteiger charge is 2.31. The second-order valence-corrected chi connectivity index (χ2v) is 7.65. The van der Waals surface area contributed by atoms with Crippen molar-refractivity contribution < 1.29 is 0 Å². The third-order valence-corrected chi connectivity index (χ3v) is 5.36. The summed E-state index contributed by atoms with van der Waals surface area (Å²) in [6, 6.07) is 9.52. The van der Waals surface area contributed by atoms with E-state index in [1.807, 2.05) is 0 Å². The number of aliphatic imine (C=N–C) groups is 1. The molecule has 0 amide bonds. The van der Waals surface area contributed by atoms with Crippen molar-refractivity contribution in [2.45, 2.75) is 46.2 Å². The van der Waals surface area contributed by atoms with Crippen molar-refractivity contribution in [3.8, 4) is 0 Å². The van der Waals surface area contributed by atoms with Crippen LogP contribution >= 0.6 is 0 Å². The molecular formula is C21H33N5. The van der Waals surface area contributed by atoms with Crippen molar-refractivity contribution in [1.82, 2.24) is 20.5 Å². The molecule has 2 aromatic rings. The lowest BCUT2D eigenvalue weighted by atomic mass is 10.1. The van der Waals surface area contributed by atoms with E-state index in [4.69, 9.17) is 4.99 Å². The van der Waals surface area contributed by atoms with E-state index in [2.05, 4.69) is 78.7 Å². The lowest BCUT2D eigenvalue weighted by molar-refractivity contribution is 0.265. The topological polar surface area (TPSA) is 55.5 Å². The summed E-state index contributed by atoms with van der Waals surface area (Å²) < 4.78 is 0. The molecule has 5 heteroatoms. The first-order chi connectivity index (χ1) is 12.6. The molecule has 1 saturated heterocycles. The SMILES string of the molecule is CCNC(=NCCc1c[nH]c2ccccc12)NC1CN(C(C)C)CC1C. The summed E-state index contributed by atoms with van der Waals surface area (Å²) in [6.45, 7) is 12.9. The van der Waals surface area contributed by atoms with Gasteiger partial charge in [0.15, 0.2) is 5.96 Å². The molecule has 3 N–H and O–H groups in total. The number of likely N-dealkylation sites (tertiary alicyclic amines) is 1. The number of nitrogens with one attached hydrogen (secondary N) is 3. The van der Waals surface area contributed by atoms with Crippen molar-refractivity contribution in [2.75, 3.05) is 26.2 Å². The molecule has 0 radical (unpaired) electrons. The maximum Gasteiger partial charge on any atom is 0.191 e. The fourth-order valence-electron chi connectivity index (χ4n) is 3.74. The van der Waals surface area contributed by atoms with E-state index < -0.39 is 0 Å². The summed E-state index contributed by atoms with van der Waals surface area (Å²) >= 11 is 0. The Morgan fingerprint density at radius 2 is 2.12 bits per heavy atom. The maximum atomic E-state index is 4.82. The number of benzene rings is 1. The van der Waals surface area contributed by atoms with Gasteiger partial charge in [0.2, 0.25) is 0 Å². The van der Waals surface area contributed by atoms with Crippen LogP contribution in [0, 0.1) is 5.92 Å². The zero-order chi connectivity index (χ0) is 18.5. The Morgan fingerprint density at radius 1 is 1.31 bits per heavy atom. The summed E-state index contributed by atoms with van der Waals surface area (Å²) in [5.41, 5.74) is 2.53. The molecule has 0 spiro atoms. The van der Waals surface area contributed by atoms with Crippen LogP contribution in [0.1, 0.15) is 33.3 Å². The Kier molecular flexibility index (Phi) is 6.20. The van der Waals surface area contributed by atoms with Crippen LogP contribution in [0.5, 0.6) is 0 Å². The number of aromatic amines is 1. The van der Waals surface area contributed by atoms with E-state index in [9.17, 15) is 0 Å². The first kappa shape index (κ1) is 18.8. The number of guanidine groups is 1. The lowest BCUT2D eigenvalue weighted by Gasteiger charge is -2.21. The zero-order valence-corrected chi connectivity index (χ0v) is 16.5. The molecule has 5 nitrogen and oxygen atoms in total. The van der Waals surface area contributed by atoms with E-state index in [1.165, 1.54) is 16.5 Å². The molecule has 0 bridgehead atoms. The minimum Gasteiger partial charge on any atom is -0.361 e. The van der Waals surface area contributed by atoms with E-state index in [0.717, 1.165) is 38.6 Å². The summed E-state index contributed by atoms with van der Waals surface area (Å²) in [7, 11) is 0. The van der Waals surface area contributed by atoms with Gasteiger partial charge in [0.1, 0.15) is 0 Å². The molecule has 142 valence electrons. The predicted octanol–water partition coefficient (Wildman–Crippen LogP) is 2.99. The fourth-order valence-corrected chi connectivity index (χ4v) is 3.74. The van der Waals surface area contributed by atoms with Gasteiger partial charge in [0, 0.05) is 55.4 Å². The van der Waals surface area contributed by atoms with Crippen LogP contribution < -0.4 is 10.6 Å². The number of hydrogen-bond acceptors (Lipinski definition) is 2. The van der Waals surface area contributed by atoms with E-state index in [-0.39, 0.29) is 0 Å². The van der Waals surface area contributed by atoms with Crippen molar-refractivity contribution in [1.29, 1.82) is 0 Å². The molecule has 0 aliphatic carbocycles. The van der Waals surface area contributed by atoms with Crippen molar-refractivity contribution in [3.05, 3.63) is 36.0 Å². The Hall–Kier alpha value is -2.01. The first-order valence-electron chi connectivity index (χ1n) is 9.92. The van der Waals surface area contributed by atoms with Gasteiger partial charge < -0.3 is 15.6 Å². The third kappa shape index (κ3) is 4.39. The zero-order valence-electron chi connectivity index (χ0n) is 16.5. The molecule has 1 aliphatic heterocycles. The van der Waals surface area contributed by atoms with Crippen LogP contribution in [0.4, 0.5) is 0 Å². The van der Waals surface area contributed by atoms with Crippen LogP contribution in [0.15, 0.2) is 35.5 Å². The van der Waals surface area contributed by atoms with E-state index in [0.29, 0.717) is 18.0 Å². The van der Waals surface area contributed by atoms with Crippen molar-refractivity contribution in [3.63, 3.8) is 0 Å². The van der Waals surface area contributed by atoms with E-state index in [1.54, 1.807) is 0 Å². The molecule has 0 saturated carbocycles. The molecule has 2 unspecified atom stereocenters. The highest BCUT2D eigenvalue weighted by Crippen LogP contribution is 2.19. The highest BCUT2D eigenvalue weighted by atomic mass is 15.3. The predicted molar refractivity (Wildman–Crippen MR) is 111 cm³/mol. The second-order valence-electron chi connectivity index (χ2n) is 7.65. The van der Waals surface area contributed by atoms with Gasteiger partial charge >= 0.3 is 0 Å². The highest BCUT2D eigenvalue weighted by molar-refractivity contribution is 5.83. The molecule has 1 fully saturated rings. The monoisotopic (exact) mass is 355 g/mol. The van der Waals surface area contributed by atoms with Gasteiger partial charge in [0.25, 0.3) is 0 Å². The summed E-state index contributed by atoms with van der Waals surface area (Å²) in [5, 5.41) is 8.37. The van der Waals surface area contributed by atoms with Gasteiger partial charge in [-0.25, -0.2) is 0 Å². The molecule has 1 aliphatic rings. The van der Waals surface area contributed by atoms with Crippen molar-refractivity contribution >= 4 is 16.9 Å². The number of rotatable bonds is 6. The third-order valence-electron chi connectivity index (χ3n) is 5.36. The number of hydrogen-bond donors (Lipinski definition) is 3. The number of H-pyrrole nitrogens is 1. The number of aromatic nitrogens is 1. The van der Waals surface area contributed by atoms with Gasteiger partial charge in [0.05, 0.1) is 0 Å². The van der Waals surface area contributed by atoms with Crippen LogP contribution in [0.25, 0.3) is 10.9 Å². The fraction of sp³-hybridized carbons (Fsp3) is 0.571. The molecule has 1 aromatic carbocycles. The Labute approximate surface area is 157 Å². The number of fused-ring (bicyclic) bond motifs is 1.